The van der Waals surface area contributed by atoms with Crippen LogP contribution in [0.1, 0.15) is 40.8 Å². The van der Waals surface area contributed by atoms with Gasteiger partial charge in [-0.15, -0.1) is 11.3 Å². The summed E-state index contributed by atoms with van der Waals surface area (Å²) in [5.74, 6) is -1.87. The van der Waals surface area contributed by atoms with E-state index in [1.807, 2.05) is 18.4 Å². The maximum absolute atomic E-state index is 13.7. The lowest BCUT2D eigenvalue weighted by molar-refractivity contribution is -0.137. The van der Waals surface area contributed by atoms with Crippen molar-refractivity contribution in [3.05, 3.63) is 56.5 Å². The maximum atomic E-state index is 13.7. The molecule has 0 spiro atoms. The molecule has 1 saturated carbocycles. The molecule has 3 atom stereocenters. The largest absolute Gasteiger partial charge is 0.481 e. The maximum Gasteiger partial charge on any atom is 0.305 e. The number of halogens is 2. The predicted octanol–water partition coefficient (Wildman–Crippen LogP) is 4.28. The highest BCUT2D eigenvalue weighted by atomic mass is 35.5. The minimum atomic E-state index is -1.07. The molecule has 0 saturated heterocycles. The first-order valence-corrected chi connectivity index (χ1v) is 9.13. The van der Waals surface area contributed by atoms with Gasteiger partial charge in [-0.25, -0.2) is 4.39 Å². The van der Waals surface area contributed by atoms with Crippen LogP contribution in [-0.4, -0.2) is 17.0 Å². The Morgan fingerprint density at radius 2 is 2.20 bits per heavy atom. The monoisotopic (exact) mass is 381 g/mol. The number of carbonyl (C=O) groups excluding carboxylic acids is 1. The van der Waals surface area contributed by atoms with Gasteiger partial charge in [0.15, 0.2) is 0 Å². The molecular weight excluding hydrogens is 365 g/mol. The van der Waals surface area contributed by atoms with Gasteiger partial charge in [-0.05, 0) is 48.1 Å². The molecule has 1 aromatic carbocycles. The number of carboxylic acids is 1. The lowest BCUT2D eigenvalue weighted by atomic mass is 10.0. The molecular formula is C18H17ClFNO3S. The molecule has 3 rings (SSSR count). The number of hydrogen-bond donors (Lipinski definition) is 2. The zero-order chi connectivity index (χ0) is 18.1. The molecule has 1 amide bonds. The van der Waals surface area contributed by atoms with Crippen LogP contribution in [-0.2, 0) is 9.59 Å². The van der Waals surface area contributed by atoms with Gasteiger partial charge in [0.2, 0.25) is 5.91 Å². The third-order valence-electron chi connectivity index (χ3n) is 4.41. The Balaban J connectivity index is 1.72. The van der Waals surface area contributed by atoms with Crippen LogP contribution in [0.3, 0.4) is 0 Å². The van der Waals surface area contributed by atoms with E-state index < -0.39 is 17.8 Å². The number of nitrogens with one attached hydrogen (secondary N) is 1. The third kappa shape index (κ3) is 4.02. The predicted molar refractivity (Wildman–Crippen MR) is 94.5 cm³/mol. The fourth-order valence-corrected chi connectivity index (χ4v) is 4.20. The van der Waals surface area contributed by atoms with E-state index in [2.05, 4.69) is 5.32 Å². The number of rotatable bonds is 6. The van der Waals surface area contributed by atoms with Gasteiger partial charge >= 0.3 is 5.97 Å². The summed E-state index contributed by atoms with van der Waals surface area (Å²) in [6.45, 7) is 2.02. The molecule has 4 nitrogen and oxygen atoms in total. The molecule has 1 aliphatic rings. The Morgan fingerprint density at radius 3 is 2.80 bits per heavy atom. The van der Waals surface area contributed by atoms with Gasteiger partial charge in [-0.1, -0.05) is 17.7 Å². The smallest absolute Gasteiger partial charge is 0.305 e. The quantitative estimate of drug-likeness (QED) is 0.784. The second kappa shape index (κ2) is 7.14. The van der Waals surface area contributed by atoms with Crippen molar-refractivity contribution < 1.29 is 19.1 Å². The number of carbonyl (C=O) groups is 2. The molecule has 3 unspecified atom stereocenters. The zero-order valence-corrected chi connectivity index (χ0v) is 15.0. The minimum absolute atomic E-state index is 0.0421. The van der Waals surface area contributed by atoms with E-state index >= 15 is 0 Å². The molecule has 2 aromatic rings. The summed E-state index contributed by atoms with van der Waals surface area (Å²) in [5.41, 5.74) is 1.56. The Kier molecular flexibility index (Phi) is 5.11. The number of aryl methyl sites for hydroxylation is 1. The van der Waals surface area contributed by atoms with Crippen LogP contribution in [0.4, 0.5) is 4.39 Å². The molecule has 1 aromatic heterocycles. The Labute approximate surface area is 153 Å². The van der Waals surface area contributed by atoms with Gasteiger partial charge in [-0.3, -0.25) is 9.59 Å². The molecule has 1 aliphatic carbocycles. The second-order valence-corrected chi connectivity index (χ2v) is 7.60. The number of thiophene rings is 1. The average molecular weight is 382 g/mol. The number of benzene rings is 1. The van der Waals surface area contributed by atoms with E-state index in [1.54, 1.807) is 11.3 Å². The first-order valence-electron chi connectivity index (χ1n) is 7.88. The average Bonchev–Trinajstić information content (AvgIpc) is 3.23. The van der Waals surface area contributed by atoms with Crippen molar-refractivity contribution in [1.29, 1.82) is 0 Å². The van der Waals surface area contributed by atoms with Crippen molar-refractivity contribution in [1.82, 2.24) is 5.32 Å². The molecule has 2 N–H and O–H groups in total. The van der Waals surface area contributed by atoms with E-state index in [0.29, 0.717) is 5.56 Å². The van der Waals surface area contributed by atoms with Crippen molar-refractivity contribution in [2.24, 2.45) is 5.92 Å². The van der Waals surface area contributed by atoms with Gasteiger partial charge in [0, 0.05) is 16.7 Å². The summed E-state index contributed by atoms with van der Waals surface area (Å²) in [4.78, 5) is 24.8. The van der Waals surface area contributed by atoms with Crippen molar-refractivity contribution in [2.45, 2.75) is 31.7 Å². The van der Waals surface area contributed by atoms with Crippen LogP contribution in [0.5, 0.6) is 0 Å². The molecule has 1 fully saturated rings. The lowest BCUT2D eigenvalue weighted by Crippen LogP contribution is -2.31. The van der Waals surface area contributed by atoms with Gasteiger partial charge in [0.1, 0.15) is 5.82 Å². The summed E-state index contributed by atoms with van der Waals surface area (Å²) in [5, 5.41) is 13.8. The molecule has 7 heteroatoms. The van der Waals surface area contributed by atoms with Crippen LogP contribution in [0.25, 0.3) is 0 Å². The Bertz CT molecular complexity index is 822. The topological polar surface area (TPSA) is 66.4 Å². The van der Waals surface area contributed by atoms with Crippen LogP contribution >= 0.6 is 22.9 Å². The van der Waals surface area contributed by atoms with Gasteiger partial charge in [-0.2, -0.15) is 0 Å². The number of hydrogen-bond acceptors (Lipinski definition) is 3. The van der Waals surface area contributed by atoms with Crippen LogP contribution in [0, 0.1) is 18.7 Å². The third-order valence-corrected chi connectivity index (χ3v) is 5.86. The van der Waals surface area contributed by atoms with Gasteiger partial charge < -0.3 is 10.4 Å². The minimum Gasteiger partial charge on any atom is -0.481 e. The normalized spacial score (nSPS) is 20.1. The van der Waals surface area contributed by atoms with E-state index in [9.17, 15) is 14.0 Å². The first kappa shape index (κ1) is 17.9. The number of amides is 1. The van der Waals surface area contributed by atoms with E-state index in [4.69, 9.17) is 16.7 Å². The fourth-order valence-electron chi connectivity index (χ4n) is 2.97. The number of aliphatic carboxylic acids is 1. The van der Waals surface area contributed by atoms with Crippen LogP contribution in [0.2, 0.25) is 5.02 Å². The first-order chi connectivity index (χ1) is 11.9. The Morgan fingerprint density at radius 1 is 1.44 bits per heavy atom. The molecule has 0 bridgehead atoms. The summed E-state index contributed by atoms with van der Waals surface area (Å²) in [6, 6.07) is 5.30. The lowest BCUT2D eigenvalue weighted by Gasteiger charge is -2.18. The van der Waals surface area contributed by atoms with Crippen molar-refractivity contribution in [3.63, 3.8) is 0 Å². The SMILES string of the molecule is Cc1ccsc1C1CC1C(=O)NC(CC(=O)O)c1ccc(Cl)c(F)c1. The van der Waals surface area contributed by atoms with Gasteiger partial charge in [0.25, 0.3) is 0 Å². The number of carboxylic acid groups (broad SMARTS) is 1. The molecule has 1 heterocycles. The Hall–Kier alpha value is -1.92. The van der Waals surface area contributed by atoms with E-state index in [0.717, 1.165) is 6.42 Å². The van der Waals surface area contributed by atoms with Crippen LogP contribution < -0.4 is 5.32 Å². The highest BCUT2D eigenvalue weighted by Crippen LogP contribution is 2.50. The van der Waals surface area contributed by atoms with Crippen molar-refractivity contribution >= 4 is 34.8 Å². The van der Waals surface area contributed by atoms with Crippen molar-refractivity contribution in [2.75, 3.05) is 0 Å². The standard InChI is InChI=1S/C18H17ClFNO3S/c1-9-4-5-25-17(9)11-7-12(11)18(24)21-15(8-16(22)23)10-2-3-13(19)14(20)6-10/h2-6,11-12,15H,7-8H2,1H3,(H,21,24)(H,22,23). The van der Waals surface area contributed by atoms with Gasteiger partial charge in [0.05, 0.1) is 17.5 Å². The van der Waals surface area contributed by atoms with E-state index in [1.165, 1.54) is 28.6 Å². The second-order valence-electron chi connectivity index (χ2n) is 6.25. The summed E-state index contributed by atoms with van der Waals surface area (Å²) < 4.78 is 13.7. The fraction of sp³-hybridized carbons (Fsp3) is 0.333. The molecule has 25 heavy (non-hydrogen) atoms. The zero-order valence-electron chi connectivity index (χ0n) is 13.5. The molecule has 0 aliphatic heterocycles. The summed E-state index contributed by atoms with van der Waals surface area (Å²) >= 11 is 7.30. The summed E-state index contributed by atoms with van der Waals surface area (Å²) in [6.07, 6.45) is 0.435. The molecule has 132 valence electrons. The van der Waals surface area contributed by atoms with E-state index in [-0.39, 0.29) is 29.2 Å². The molecule has 0 radical (unpaired) electrons. The highest BCUT2D eigenvalue weighted by Gasteiger charge is 2.45. The van der Waals surface area contributed by atoms with Crippen molar-refractivity contribution in [3.8, 4) is 0 Å². The highest BCUT2D eigenvalue weighted by molar-refractivity contribution is 7.10. The summed E-state index contributed by atoms with van der Waals surface area (Å²) in [7, 11) is 0. The van der Waals surface area contributed by atoms with Crippen LogP contribution in [0.15, 0.2) is 29.6 Å².